The molecule has 0 heterocycles. The van der Waals surface area contributed by atoms with Crippen LogP contribution < -0.4 is 4.83 Å². The Morgan fingerprint density at radius 1 is 1.33 bits per heavy atom. The molecule has 0 atom stereocenters. The molecule has 15 heavy (non-hydrogen) atoms. The summed E-state index contributed by atoms with van der Waals surface area (Å²) in [6.45, 7) is 1.74. The summed E-state index contributed by atoms with van der Waals surface area (Å²) >= 11 is 3.31. The van der Waals surface area contributed by atoms with Gasteiger partial charge in [-0.3, -0.25) is 0 Å². The van der Waals surface area contributed by atoms with E-state index in [1.165, 1.54) is 0 Å². The lowest BCUT2D eigenvalue weighted by atomic mass is 10.1. The first-order chi connectivity index (χ1) is 6.88. The standard InChI is InChI=1S/C9H11BrN2O2S/c1-7(11-12-15(2,13)14)8-3-5-9(10)6-4-8/h3-6,12H,1-2H3/b11-7-. The zero-order valence-electron chi connectivity index (χ0n) is 8.36. The normalized spacial score (nSPS) is 12.6. The Labute approximate surface area is 97.6 Å². The topological polar surface area (TPSA) is 58.5 Å². The van der Waals surface area contributed by atoms with Gasteiger partial charge in [-0.1, -0.05) is 28.1 Å². The van der Waals surface area contributed by atoms with Crippen molar-refractivity contribution in [3.8, 4) is 0 Å². The number of hydrogen-bond acceptors (Lipinski definition) is 3. The van der Waals surface area contributed by atoms with Crippen LogP contribution in [-0.4, -0.2) is 20.4 Å². The molecule has 1 aromatic carbocycles. The van der Waals surface area contributed by atoms with Crippen LogP contribution in [0.1, 0.15) is 12.5 Å². The molecule has 0 aliphatic heterocycles. The molecular weight excluding hydrogens is 280 g/mol. The lowest BCUT2D eigenvalue weighted by Gasteiger charge is -2.01. The van der Waals surface area contributed by atoms with Crippen molar-refractivity contribution in [3.63, 3.8) is 0 Å². The third-order valence-corrected chi connectivity index (χ3v) is 2.59. The number of benzene rings is 1. The van der Waals surface area contributed by atoms with Crippen LogP contribution in [0.25, 0.3) is 0 Å². The van der Waals surface area contributed by atoms with Crippen molar-refractivity contribution >= 4 is 31.7 Å². The Balaban J connectivity index is 2.85. The predicted molar refractivity (Wildman–Crippen MR) is 64.3 cm³/mol. The van der Waals surface area contributed by atoms with Gasteiger partial charge >= 0.3 is 0 Å². The molecular formula is C9H11BrN2O2S. The summed E-state index contributed by atoms with van der Waals surface area (Å²) in [7, 11) is -3.28. The van der Waals surface area contributed by atoms with E-state index in [2.05, 4.69) is 25.9 Å². The first-order valence-corrected chi connectivity index (χ1v) is 6.84. The van der Waals surface area contributed by atoms with E-state index in [-0.39, 0.29) is 0 Å². The first-order valence-electron chi connectivity index (χ1n) is 4.15. The molecule has 1 N–H and O–H groups in total. The highest BCUT2D eigenvalue weighted by Gasteiger charge is 2.00. The Hall–Kier alpha value is -0.880. The first kappa shape index (κ1) is 12.2. The summed E-state index contributed by atoms with van der Waals surface area (Å²) in [5, 5.41) is 3.76. The molecule has 0 saturated carbocycles. The molecule has 1 aromatic rings. The van der Waals surface area contributed by atoms with Crippen LogP contribution in [0.15, 0.2) is 33.8 Å². The fourth-order valence-corrected chi connectivity index (χ4v) is 1.47. The molecule has 0 bridgehead atoms. The molecule has 0 aromatic heterocycles. The maximum Gasteiger partial charge on any atom is 0.244 e. The van der Waals surface area contributed by atoms with Gasteiger partial charge in [0.05, 0.1) is 12.0 Å². The Kier molecular flexibility index (Phi) is 3.87. The lowest BCUT2D eigenvalue weighted by Crippen LogP contribution is -2.17. The van der Waals surface area contributed by atoms with Crippen LogP contribution in [0.3, 0.4) is 0 Å². The van der Waals surface area contributed by atoms with E-state index in [0.717, 1.165) is 16.3 Å². The Morgan fingerprint density at radius 3 is 2.33 bits per heavy atom. The smallest absolute Gasteiger partial charge is 0.206 e. The van der Waals surface area contributed by atoms with Crippen LogP contribution in [0.4, 0.5) is 0 Å². The van der Waals surface area contributed by atoms with Crippen molar-refractivity contribution in [1.82, 2.24) is 4.83 Å². The summed E-state index contributed by atoms with van der Waals surface area (Å²) in [4.78, 5) is 2.08. The van der Waals surface area contributed by atoms with Gasteiger partial charge in [0.1, 0.15) is 0 Å². The van der Waals surface area contributed by atoms with Gasteiger partial charge in [0.15, 0.2) is 0 Å². The highest BCUT2D eigenvalue weighted by atomic mass is 79.9. The van der Waals surface area contributed by atoms with E-state index >= 15 is 0 Å². The molecule has 82 valence electrons. The van der Waals surface area contributed by atoms with Crippen LogP contribution >= 0.6 is 15.9 Å². The number of rotatable bonds is 3. The summed E-state index contributed by atoms with van der Waals surface area (Å²) in [6, 6.07) is 7.45. The minimum absolute atomic E-state index is 0.618. The lowest BCUT2D eigenvalue weighted by molar-refractivity contribution is 0.590. The maximum absolute atomic E-state index is 10.8. The highest BCUT2D eigenvalue weighted by molar-refractivity contribution is 9.10. The molecule has 0 spiro atoms. The number of sulfonamides is 1. The molecule has 1 rings (SSSR count). The van der Waals surface area contributed by atoms with E-state index in [1.807, 2.05) is 24.3 Å². The van der Waals surface area contributed by atoms with Crippen molar-refractivity contribution in [1.29, 1.82) is 0 Å². The zero-order valence-corrected chi connectivity index (χ0v) is 10.8. The predicted octanol–water partition coefficient (Wildman–Crippen LogP) is 1.72. The molecule has 6 heteroatoms. The van der Waals surface area contributed by atoms with E-state index in [1.54, 1.807) is 6.92 Å². The van der Waals surface area contributed by atoms with Crippen LogP contribution in [0, 0.1) is 0 Å². The van der Waals surface area contributed by atoms with E-state index in [9.17, 15) is 8.42 Å². The van der Waals surface area contributed by atoms with Gasteiger partial charge in [0.2, 0.25) is 10.0 Å². The molecule has 0 unspecified atom stereocenters. The molecule has 0 radical (unpaired) electrons. The van der Waals surface area contributed by atoms with Gasteiger partial charge in [0.25, 0.3) is 0 Å². The number of hydrazone groups is 1. The van der Waals surface area contributed by atoms with Crippen molar-refractivity contribution < 1.29 is 8.42 Å². The second-order valence-electron chi connectivity index (χ2n) is 3.07. The van der Waals surface area contributed by atoms with Gasteiger partial charge in [-0.2, -0.15) is 5.10 Å². The second kappa shape index (κ2) is 4.76. The minimum Gasteiger partial charge on any atom is -0.206 e. The Morgan fingerprint density at radius 2 is 1.87 bits per heavy atom. The quantitative estimate of drug-likeness (QED) is 0.681. The second-order valence-corrected chi connectivity index (χ2v) is 5.71. The molecule has 0 aliphatic rings. The summed E-state index contributed by atoms with van der Waals surface area (Å²) < 4.78 is 22.6. The van der Waals surface area contributed by atoms with E-state index < -0.39 is 10.0 Å². The van der Waals surface area contributed by atoms with E-state index in [4.69, 9.17) is 0 Å². The van der Waals surface area contributed by atoms with E-state index in [0.29, 0.717) is 5.71 Å². The molecule has 4 nitrogen and oxygen atoms in total. The van der Waals surface area contributed by atoms with Crippen LogP contribution in [-0.2, 0) is 10.0 Å². The number of nitrogens with zero attached hydrogens (tertiary/aromatic N) is 1. The van der Waals surface area contributed by atoms with Crippen LogP contribution in [0.5, 0.6) is 0 Å². The zero-order chi connectivity index (χ0) is 11.5. The average Bonchev–Trinajstić information content (AvgIpc) is 2.14. The van der Waals surface area contributed by atoms with Crippen molar-refractivity contribution in [2.24, 2.45) is 5.10 Å². The fourth-order valence-electron chi connectivity index (χ4n) is 0.907. The van der Waals surface area contributed by atoms with Crippen molar-refractivity contribution in [2.45, 2.75) is 6.92 Å². The fraction of sp³-hybridized carbons (Fsp3) is 0.222. The average molecular weight is 291 g/mol. The van der Waals surface area contributed by atoms with Gasteiger partial charge < -0.3 is 0 Å². The monoisotopic (exact) mass is 290 g/mol. The summed E-state index contributed by atoms with van der Waals surface area (Å²) in [6.07, 6.45) is 1.06. The summed E-state index contributed by atoms with van der Waals surface area (Å²) in [5.74, 6) is 0. The third kappa shape index (κ3) is 4.44. The number of nitrogens with one attached hydrogen (secondary N) is 1. The van der Waals surface area contributed by atoms with Gasteiger partial charge in [-0.15, -0.1) is 0 Å². The molecule has 0 fully saturated rings. The van der Waals surface area contributed by atoms with Gasteiger partial charge in [0, 0.05) is 4.47 Å². The van der Waals surface area contributed by atoms with Crippen molar-refractivity contribution in [2.75, 3.05) is 6.26 Å². The van der Waals surface area contributed by atoms with Gasteiger partial charge in [-0.05, 0) is 24.6 Å². The Bertz CT molecular complexity index is 465. The van der Waals surface area contributed by atoms with Crippen LogP contribution in [0.2, 0.25) is 0 Å². The molecule has 0 saturated heterocycles. The third-order valence-electron chi connectivity index (χ3n) is 1.64. The minimum atomic E-state index is -3.28. The van der Waals surface area contributed by atoms with Gasteiger partial charge in [-0.25, -0.2) is 13.2 Å². The number of hydrogen-bond donors (Lipinski definition) is 1. The highest BCUT2D eigenvalue weighted by Crippen LogP contribution is 2.10. The number of halogens is 1. The summed E-state index contributed by atoms with van der Waals surface area (Å²) in [5.41, 5.74) is 1.49. The SMILES string of the molecule is C/C(=N/NS(C)(=O)=O)c1ccc(Br)cc1. The van der Waals surface area contributed by atoms with Crippen molar-refractivity contribution in [3.05, 3.63) is 34.3 Å². The largest absolute Gasteiger partial charge is 0.244 e. The molecule has 0 amide bonds. The maximum atomic E-state index is 10.8. The molecule has 0 aliphatic carbocycles.